The monoisotopic (exact) mass is 308 g/mol. The van der Waals surface area contributed by atoms with Crippen molar-refractivity contribution in [3.8, 4) is 11.5 Å². The van der Waals surface area contributed by atoms with Crippen molar-refractivity contribution in [2.45, 2.75) is 12.5 Å². The predicted molar refractivity (Wildman–Crippen MR) is 95.0 cm³/mol. The minimum atomic E-state index is 0.369. The maximum atomic E-state index is 5.98. The second-order valence-electron chi connectivity index (χ2n) is 5.81. The van der Waals surface area contributed by atoms with Gasteiger partial charge in [-0.05, 0) is 36.2 Å². The lowest BCUT2D eigenvalue weighted by Gasteiger charge is -2.35. The molecule has 0 unspecified atom stereocenters. The molecule has 1 aliphatic rings. The molecular formula is C20H24N2O. The van der Waals surface area contributed by atoms with Crippen LogP contribution in [0, 0.1) is 0 Å². The van der Waals surface area contributed by atoms with Gasteiger partial charge in [0.05, 0.1) is 0 Å². The smallest absolute Gasteiger partial charge is 0.127 e. The minimum Gasteiger partial charge on any atom is -0.457 e. The van der Waals surface area contributed by atoms with E-state index in [1.165, 1.54) is 5.56 Å². The molecule has 0 aromatic heterocycles. The van der Waals surface area contributed by atoms with Gasteiger partial charge in [0.15, 0.2) is 0 Å². The van der Waals surface area contributed by atoms with Crippen molar-refractivity contribution in [2.75, 3.05) is 26.2 Å². The topological polar surface area (TPSA) is 24.5 Å². The molecular weight excluding hydrogens is 284 g/mol. The number of hydrogen-bond donors (Lipinski definition) is 1. The van der Waals surface area contributed by atoms with Gasteiger partial charge in [-0.3, -0.25) is 4.90 Å². The Morgan fingerprint density at radius 3 is 2.52 bits per heavy atom. The molecule has 0 amide bonds. The van der Waals surface area contributed by atoms with Crippen molar-refractivity contribution in [1.29, 1.82) is 0 Å². The Labute approximate surface area is 138 Å². The molecule has 120 valence electrons. The van der Waals surface area contributed by atoms with E-state index in [0.29, 0.717) is 6.04 Å². The Bertz CT molecular complexity index is 621. The Kier molecular flexibility index (Phi) is 5.46. The summed E-state index contributed by atoms with van der Waals surface area (Å²) < 4.78 is 5.98. The molecule has 0 saturated carbocycles. The van der Waals surface area contributed by atoms with E-state index in [9.17, 15) is 0 Å². The van der Waals surface area contributed by atoms with Crippen molar-refractivity contribution in [3.63, 3.8) is 0 Å². The highest BCUT2D eigenvalue weighted by Crippen LogP contribution is 2.29. The summed E-state index contributed by atoms with van der Waals surface area (Å²) in [6.07, 6.45) is 2.96. The van der Waals surface area contributed by atoms with Gasteiger partial charge >= 0.3 is 0 Å². The van der Waals surface area contributed by atoms with Crippen LogP contribution < -0.4 is 10.1 Å². The standard InChI is InChI=1S/C20H24N2O/c1-2-7-20(22-14-12-21-13-15-22)17-8-6-11-19(16-17)23-18-9-4-3-5-10-18/h2-6,8-11,16,20-21H,1,7,12-15H2/t20-/m1/s1. The maximum absolute atomic E-state index is 5.98. The van der Waals surface area contributed by atoms with Crippen LogP contribution in [-0.2, 0) is 0 Å². The minimum absolute atomic E-state index is 0.369. The first kappa shape index (κ1) is 15.8. The Balaban J connectivity index is 1.79. The van der Waals surface area contributed by atoms with Gasteiger partial charge in [0.25, 0.3) is 0 Å². The number of piperazine rings is 1. The number of rotatable bonds is 6. The molecule has 0 spiro atoms. The van der Waals surface area contributed by atoms with Crippen LogP contribution in [0.3, 0.4) is 0 Å². The predicted octanol–water partition coefficient (Wildman–Crippen LogP) is 4.00. The SMILES string of the molecule is C=CC[C@H](c1cccc(Oc2ccccc2)c1)N1CCNCC1. The molecule has 1 N–H and O–H groups in total. The van der Waals surface area contributed by atoms with Crippen molar-refractivity contribution in [3.05, 3.63) is 72.8 Å². The van der Waals surface area contributed by atoms with Crippen LogP contribution in [-0.4, -0.2) is 31.1 Å². The Hall–Kier alpha value is -2.10. The second-order valence-corrected chi connectivity index (χ2v) is 5.81. The molecule has 3 rings (SSSR count). The van der Waals surface area contributed by atoms with Crippen LogP contribution in [0.2, 0.25) is 0 Å². The van der Waals surface area contributed by atoms with Crippen LogP contribution in [0.1, 0.15) is 18.0 Å². The molecule has 1 heterocycles. The highest BCUT2D eigenvalue weighted by Gasteiger charge is 2.21. The third-order valence-electron chi connectivity index (χ3n) is 4.20. The first-order valence-electron chi connectivity index (χ1n) is 8.25. The third kappa shape index (κ3) is 4.21. The first-order valence-corrected chi connectivity index (χ1v) is 8.25. The number of nitrogens with zero attached hydrogens (tertiary/aromatic N) is 1. The number of hydrogen-bond acceptors (Lipinski definition) is 3. The lowest BCUT2D eigenvalue weighted by Crippen LogP contribution is -2.45. The molecule has 1 atom stereocenters. The fraction of sp³-hybridized carbons (Fsp3) is 0.300. The molecule has 3 nitrogen and oxygen atoms in total. The quantitative estimate of drug-likeness (QED) is 0.816. The highest BCUT2D eigenvalue weighted by atomic mass is 16.5. The summed E-state index contributed by atoms with van der Waals surface area (Å²) in [6, 6.07) is 18.7. The second kappa shape index (κ2) is 7.95. The summed E-state index contributed by atoms with van der Waals surface area (Å²) in [4.78, 5) is 2.53. The largest absolute Gasteiger partial charge is 0.457 e. The van der Waals surface area contributed by atoms with E-state index >= 15 is 0 Å². The fourth-order valence-electron chi connectivity index (χ4n) is 3.06. The van der Waals surface area contributed by atoms with Crippen molar-refractivity contribution in [2.24, 2.45) is 0 Å². The zero-order chi connectivity index (χ0) is 15.9. The summed E-state index contributed by atoms with van der Waals surface area (Å²) in [5.74, 6) is 1.75. The van der Waals surface area contributed by atoms with Gasteiger partial charge in [-0.2, -0.15) is 0 Å². The van der Waals surface area contributed by atoms with Crippen molar-refractivity contribution >= 4 is 0 Å². The number of nitrogens with one attached hydrogen (secondary N) is 1. The highest BCUT2D eigenvalue weighted by molar-refractivity contribution is 5.35. The maximum Gasteiger partial charge on any atom is 0.127 e. The summed E-state index contributed by atoms with van der Waals surface area (Å²) in [5.41, 5.74) is 1.29. The van der Waals surface area contributed by atoms with E-state index < -0.39 is 0 Å². The molecule has 2 aromatic rings. The molecule has 1 fully saturated rings. The lowest BCUT2D eigenvalue weighted by atomic mass is 10.0. The zero-order valence-corrected chi connectivity index (χ0v) is 13.4. The Morgan fingerprint density at radius 1 is 1.04 bits per heavy atom. The van der Waals surface area contributed by atoms with Crippen LogP contribution in [0.5, 0.6) is 11.5 Å². The van der Waals surface area contributed by atoms with E-state index in [2.05, 4.69) is 35.0 Å². The summed E-state index contributed by atoms with van der Waals surface area (Å²) in [7, 11) is 0. The first-order chi connectivity index (χ1) is 11.4. The summed E-state index contributed by atoms with van der Waals surface area (Å²) >= 11 is 0. The third-order valence-corrected chi connectivity index (χ3v) is 4.20. The average Bonchev–Trinajstić information content (AvgIpc) is 2.61. The van der Waals surface area contributed by atoms with E-state index in [1.54, 1.807) is 0 Å². The van der Waals surface area contributed by atoms with Crippen LogP contribution in [0.15, 0.2) is 67.3 Å². The lowest BCUT2D eigenvalue weighted by molar-refractivity contribution is 0.174. The van der Waals surface area contributed by atoms with Crippen molar-refractivity contribution < 1.29 is 4.74 Å². The van der Waals surface area contributed by atoms with Gasteiger partial charge < -0.3 is 10.1 Å². The molecule has 0 bridgehead atoms. The van der Waals surface area contributed by atoms with Gasteiger partial charge in [-0.1, -0.05) is 36.4 Å². The molecule has 0 aliphatic carbocycles. The van der Waals surface area contributed by atoms with Crippen LogP contribution in [0.4, 0.5) is 0 Å². The molecule has 1 saturated heterocycles. The molecule has 23 heavy (non-hydrogen) atoms. The van der Waals surface area contributed by atoms with Crippen LogP contribution >= 0.6 is 0 Å². The van der Waals surface area contributed by atoms with Gasteiger partial charge in [0.1, 0.15) is 11.5 Å². The van der Waals surface area contributed by atoms with E-state index in [0.717, 1.165) is 44.1 Å². The van der Waals surface area contributed by atoms with Crippen LogP contribution in [0.25, 0.3) is 0 Å². The molecule has 0 radical (unpaired) electrons. The van der Waals surface area contributed by atoms with E-state index in [1.807, 2.05) is 42.5 Å². The Morgan fingerprint density at radius 2 is 1.78 bits per heavy atom. The van der Waals surface area contributed by atoms with E-state index in [4.69, 9.17) is 4.74 Å². The van der Waals surface area contributed by atoms with Gasteiger partial charge in [0.2, 0.25) is 0 Å². The number of benzene rings is 2. The van der Waals surface area contributed by atoms with Crippen molar-refractivity contribution in [1.82, 2.24) is 10.2 Å². The zero-order valence-electron chi connectivity index (χ0n) is 13.4. The molecule has 3 heteroatoms. The molecule has 1 aliphatic heterocycles. The molecule has 2 aromatic carbocycles. The van der Waals surface area contributed by atoms with E-state index in [-0.39, 0.29) is 0 Å². The van der Waals surface area contributed by atoms with Gasteiger partial charge in [0, 0.05) is 32.2 Å². The number of ether oxygens (including phenoxy) is 1. The van der Waals surface area contributed by atoms with Gasteiger partial charge in [-0.15, -0.1) is 6.58 Å². The fourth-order valence-corrected chi connectivity index (χ4v) is 3.06. The summed E-state index contributed by atoms with van der Waals surface area (Å²) in [6.45, 7) is 8.18. The summed E-state index contributed by atoms with van der Waals surface area (Å²) in [5, 5.41) is 3.42. The number of para-hydroxylation sites is 1. The van der Waals surface area contributed by atoms with Gasteiger partial charge in [-0.25, -0.2) is 0 Å². The normalized spacial score (nSPS) is 16.7. The average molecular weight is 308 g/mol.